The Hall–Kier alpha value is -1.35. The molecule has 108 valence electrons. The van der Waals surface area contributed by atoms with Crippen molar-refractivity contribution in [3.63, 3.8) is 0 Å². The minimum atomic E-state index is -0.312. The Balaban J connectivity index is 1.66. The maximum absolute atomic E-state index is 12.8. The van der Waals surface area contributed by atoms with Crippen LogP contribution in [0.1, 0.15) is 19.4 Å². The fourth-order valence-corrected chi connectivity index (χ4v) is 3.63. The van der Waals surface area contributed by atoms with Gasteiger partial charge in [0.25, 0.3) is 0 Å². The molecule has 0 aliphatic carbocycles. The topological polar surface area (TPSA) is 32.3 Å². The summed E-state index contributed by atoms with van der Waals surface area (Å²) in [6.45, 7) is 8.19. The third-order valence-electron chi connectivity index (χ3n) is 4.74. The Morgan fingerprint density at radius 3 is 2.40 bits per heavy atom. The van der Waals surface area contributed by atoms with Crippen molar-refractivity contribution >= 4 is 5.91 Å². The molecule has 0 aromatic heterocycles. The first-order chi connectivity index (χ1) is 9.56. The van der Waals surface area contributed by atoms with E-state index in [-0.39, 0.29) is 5.41 Å². The van der Waals surface area contributed by atoms with Crippen molar-refractivity contribution in [2.24, 2.45) is 17.3 Å². The average Bonchev–Trinajstić information content (AvgIpc) is 2.99. The first kappa shape index (κ1) is 13.6. The molecule has 1 N–H and O–H groups in total. The molecule has 0 bridgehead atoms. The van der Waals surface area contributed by atoms with Gasteiger partial charge in [-0.3, -0.25) is 4.79 Å². The van der Waals surface area contributed by atoms with Gasteiger partial charge in [0.1, 0.15) is 0 Å². The van der Waals surface area contributed by atoms with Crippen LogP contribution in [0.5, 0.6) is 0 Å². The van der Waals surface area contributed by atoms with Gasteiger partial charge < -0.3 is 10.2 Å². The molecule has 1 aromatic carbocycles. The van der Waals surface area contributed by atoms with E-state index in [9.17, 15) is 4.79 Å². The molecular formula is C17H24N2O. The molecule has 3 heteroatoms. The van der Waals surface area contributed by atoms with Crippen molar-refractivity contribution in [3.8, 4) is 0 Å². The van der Waals surface area contributed by atoms with Crippen LogP contribution in [0.2, 0.25) is 0 Å². The number of likely N-dealkylation sites (tertiary alicyclic amines) is 1. The zero-order chi connectivity index (χ0) is 14.2. The van der Waals surface area contributed by atoms with Gasteiger partial charge in [0.05, 0.1) is 0 Å². The minimum Gasteiger partial charge on any atom is -0.342 e. The monoisotopic (exact) mass is 272 g/mol. The highest BCUT2D eigenvalue weighted by Crippen LogP contribution is 2.31. The van der Waals surface area contributed by atoms with Crippen LogP contribution in [0.3, 0.4) is 0 Å². The molecule has 0 radical (unpaired) electrons. The molecule has 3 rings (SSSR count). The molecule has 20 heavy (non-hydrogen) atoms. The molecule has 1 aromatic rings. The largest absolute Gasteiger partial charge is 0.342 e. The van der Waals surface area contributed by atoms with Crippen molar-refractivity contribution in [3.05, 3.63) is 35.9 Å². The zero-order valence-electron chi connectivity index (χ0n) is 12.4. The smallest absolute Gasteiger partial charge is 0.228 e. The summed E-state index contributed by atoms with van der Waals surface area (Å²) in [5.41, 5.74) is 0.930. The SMILES string of the molecule is CC(C)(Cc1ccccc1)C(=O)N1C[C@H]2CNC[C@H]2C1. The van der Waals surface area contributed by atoms with Crippen LogP contribution in [0.4, 0.5) is 0 Å². The molecule has 2 fully saturated rings. The van der Waals surface area contributed by atoms with E-state index in [1.54, 1.807) is 0 Å². The third-order valence-corrected chi connectivity index (χ3v) is 4.74. The predicted octanol–water partition coefficient (Wildman–Crippen LogP) is 1.93. The summed E-state index contributed by atoms with van der Waals surface area (Å²) in [7, 11) is 0. The van der Waals surface area contributed by atoms with Gasteiger partial charge in [0.15, 0.2) is 0 Å². The van der Waals surface area contributed by atoms with Gasteiger partial charge >= 0.3 is 0 Å². The van der Waals surface area contributed by atoms with E-state index in [0.717, 1.165) is 32.6 Å². The summed E-state index contributed by atoms with van der Waals surface area (Å²) in [6.07, 6.45) is 0.816. The number of amides is 1. The van der Waals surface area contributed by atoms with Crippen LogP contribution in [-0.2, 0) is 11.2 Å². The van der Waals surface area contributed by atoms with E-state index in [4.69, 9.17) is 0 Å². The van der Waals surface area contributed by atoms with Gasteiger partial charge in [-0.05, 0) is 23.8 Å². The lowest BCUT2D eigenvalue weighted by Gasteiger charge is -2.30. The molecule has 2 saturated heterocycles. The highest BCUT2D eigenvalue weighted by molar-refractivity contribution is 5.82. The van der Waals surface area contributed by atoms with Gasteiger partial charge in [-0.1, -0.05) is 44.2 Å². The van der Waals surface area contributed by atoms with Crippen molar-refractivity contribution in [2.45, 2.75) is 20.3 Å². The predicted molar refractivity (Wildman–Crippen MR) is 80.4 cm³/mol. The van der Waals surface area contributed by atoms with Gasteiger partial charge in [0, 0.05) is 31.6 Å². The fraction of sp³-hybridized carbons (Fsp3) is 0.588. The Morgan fingerprint density at radius 2 is 1.80 bits per heavy atom. The molecule has 0 saturated carbocycles. The first-order valence-electron chi connectivity index (χ1n) is 7.60. The van der Waals surface area contributed by atoms with Crippen molar-refractivity contribution in [2.75, 3.05) is 26.2 Å². The molecule has 2 heterocycles. The molecule has 1 amide bonds. The Kier molecular flexibility index (Phi) is 3.55. The lowest BCUT2D eigenvalue weighted by atomic mass is 9.84. The van der Waals surface area contributed by atoms with Crippen molar-refractivity contribution in [1.29, 1.82) is 0 Å². The maximum Gasteiger partial charge on any atom is 0.228 e. The summed E-state index contributed by atoms with van der Waals surface area (Å²) in [4.78, 5) is 14.9. The lowest BCUT2D eigenvalue weighted by Crippen LogP contribution is -2.42. The van der Waals surface area contributed by atoms with E-state index < -0.39 is 0 Å². The molecular weight excluding hydrogens is 248 g/mol. The number of carbonyl (C=O) groups is 1. The zero-order valence-corrected chi connectivity index (χ0v) is 12.4. The van der Waals surface area contributed by atoms with Crippen molar-refractivity contribution in [1.82, 2.24) is 10.2 Å². The van der Waals surface area contributed by atoms with E-state index >= 15 is 0 Å². The van der Waals surface area contributed by atoms with Gasteiger partial charge in [-0.2, -0.15) is 0 Å². The Morgan fingerprint density at radius 1 is 1.20 bits per heavy atom. The quantitative estimate of drug-likeness (QED) is 0.912. The van der Waals surface area contributed by atoms with Crippen LogP contribution < -0.4 is 5.32 Å². The molecule has 0 unspecified atom stereocenters. The molecule has 0 spiro atoms. The average molecular weight is 272 g/mol. The van der Waals surface area contributed by atoms with Crippen LogP contribution in [-0.4, -0.2) is 37.0 Å². The van der Waals surface area contributed by atoms with Crippen LogP contribution in [0.25, 0.3) is 0 Å². The molecule has 2 aliphatic rings. The fourth-order valence-electron chi connectivity index (χ4n) is 3.63. The van der Waals surface area contributed by atoms with Crippen LogP contribution in [0.15, 0.2) is 30.3 Å². The van der Waals surface area contributed by atoms with Crippen LogP contribution in [0, 0.1) is 17.3 Å². The van der Waals surface area contributed by atoms with Gasteiger partial charge in [-0.25, -0.2) is 0 Å². The number of rotatable bonds is 3. The lowest BCUT2D eigenvalue weighted by molar-refractivity contribution is -0.139. The third kappa shape index (κ3) is 2.59. The Bertz CT molecular complexity index is 471. The number of fused-ring (bicyclic) bond motifs is 1. The van der Waals surface area contributed by atoms with Gasteiger partial charge in [-0.15, -0.1) is 0 Å². The minimum absolute atomic E-state index is 0.312. The first-order valence-corrected chi connectivity index (χ1v) is 7.60. The van der Waals surface area contributed by atoms with E-state index in [1.165, 1.54) is 5.56 Å². The molecule has 2 aliphatic heterocycles. The summed E-state index contributed by atoms with van der Waals surface area (Å²) >= 11 is 0. The summed E-state index contributed by atoms with van der Waals surface area (Å²) in [6, 6.07) is 10.3. The summed E-state index contributed by atoms with van der Waals surface area (Å²) in [5.74, 6) is 1.66. The number of nitrogens with one attached hydrogen (secondary N) is 1. The van der Waals surface area contributed by atoms with Crippen LogP contribution >= 0.6 is 0 Å². The second kappa shape index (κ2) is 5.21. The normalized spacial score (nSPS) is 25.8. The van der Waals surface area contributed by atoms with Gasteiger partial charge in [0.2, 0.25) is 5.91 Å². The number of nitrogens with zero attached hydrogens (tertiary/aromatic N) is 1. The highest BCUT2D eigenvalue weighted by atomic mass is 16.2. The van der Waals surface area contributed by atoms with E-state index in [0.29, 0.717) is 17.7 Å². The number of benzene rings is 1. The summed E-state index contributed by atoms with van der Waals surface area (Å²) in [5, 5.41) is 3.42. The molecule has 3 nitrogen and oxygen atoms in total. The standard InChI is InChI=1S/C17H24N2O/c1-17(2,8-13-6-4-3-5-7-13)16(20)19-11-14-9-18-10-15(14)12-19/h3-7,14-15,18H,8-12H2,1-2H3/t14-,15+. The number of hydrogen-bond donors (Lipinski definition) is 1. The van der Waals surface area contributed by atoms with Crippen molar-refractivity contribution < 1.29 is 4.79 Å². The second-order valence-electron chi connectivity index (χ2n) is 6.93. The summed E-state index contributed by atoms with van der Waals surface area (Å²) < 4.78 is 0. The number of carbonyl (C=O) groups excluding carboxylic acids is 1. The number of hydrogen-bond acceptors (Lipinski definition) is 2. The highest BCUT2D eigenvalue weighted by Gasteiger charge is 2.42. The molecule has 2 atom stereocenters. The Labute approximate surface area is 121 Å². The van der Waals surface area contributed by atoms with E-state index in [2.05, 4.69) is 36.2 Å². The maximum atomic E-state index is 12.8. The second-order valence-corrected chi connectivity index (χ2v) is 6.93. The van der Waals surface area contributed by atoms with E-state index in [1.807, 2.05) is 18.2 Å².